The Morgan fingerprint density at radius 3 is 2.47 bits per heavy atom. The Bertz CT molecular complexity index is 931. The number of halogens is 1. The van der Waals surface area contributed by atoms with E-state index >= 15 is 0 Å². The Hall–Kier alpha value is -1.04. The molecule has 3 aliphatic heterocycles. The highest BCUT2D eigenvalue weighted by Crippen LogP contribution is 2.27. The second kappa shape index (κ2) is 11.8. The normalized spacial score (nSPS) is 24.4. The van der Waals surface area contributed by atoms with Crippen LogP contribution in [0.25, 0.3) is 0 Å². The van der Waals surface area contributed by atoms with Crippen LogP contribution in [0.2, 0.25) is 0 Å². The SMILES string of the molecule is CN1CCC(N2CCN(C(=O)COCC3CCCCN3S(=O)(=O)c3cccc(Br)c3)CC2)CC1. The number of amides is 1. The van der Waals surface area contributed by atoms with Crippen molar-refractivity contribution in [2.45, 2.75) is 49.1 Å². The highest BCUT2D eigenvalue weighted by Gasteiger charge is 2.34. The van der Waals surface area contributed by atoms with Crippen LogP contribution < -0.4 is 0 Å². The van der Waals surface area contributed by atoms with E-state index in [2.05, 4.69) is 32.8 Å². The van der Waals surface area contributed by atoms with Gasteiger partial charge >= 0.3 is 0 Å². The van der Waals surface area contributed by atoms with Gasteiger partial charge < -0.3 is 14.5 Å². The van der Waals surface area contributed by atoms with Crippen LogP contribution in [0, 0.1) is 0 Å². The molecule has 4 rings (SSSR count). The Labute approximate surface area is 212 Å². The summed E-state index contributed by atoms with van der Waals surface area (Å²) in [6, 6.07) is 7.20. The van der Waals surface area contributed by atoms with Crippen LogP contribution >= 0.6 is 15.9 Å². The zero-order valence-electron chi connectivity index (χ0n) is 20.1. The number of sulfonamides is 1. The smallest absolute Gasteiger partial charge is 0.248 e. The molecule has 3 fully saturated rings. The number of ether oxygens (including phenoxy) is 1. The molecular weight excluding hydrogens is 520 g/mol. The van der Waals surface area contributed by atoms with Crippen molar-refractivity contribution in [3.63, 3.8) is 0 Å². The lowest BCUT2D eigenvalue weighted by Gasteiger charge is -2.42. The summed E-state index contributed by atoms with van der Waals surface area (Å²) in [5.74, 6) is 0.000217. The van der Waals surface area contributed by atoms with E-state index in [1.165, 1.54) is 12.8 Å². The first-order valence-corrected chi connectivity index (χ1v) is 14.6. The molecule has 1 aromatic rings. The van der Waals surface area contributed by atoms with Gasteiger partial charge in [0.2, 0.25) is 15.9 Å². The molecule has 3 saturated heterocycles. The summed E-state index contributed by atoms with van der Waals surface area (Å²) in [7, 11) is -1.43. The van der Waals surface area contributed by atoms with Crippen molar-refractivity contribution < 1.29 is 17.9 Å². The standard InChI is InChI=1S/C24H37BrN4O4S/c1-26-11-8-21(9-12-26)27-13-15-28(16-14-27)24(30)19-33-18-22-6-2-3-10-29(22)34(31,32)23-7-4-5-20(25)17-23/h4-5,7,17,21-22H,2-3,6,8-16,18-19H2,1H3. The highest BCUT2D eigenvalue weighted by atomic mass is 79.9. The number of piperidine rings is 2. The summed E-state index contributed by atoms with van der Waals surface area (Å²) in [4.78, 5) is 19.8. The average Bonchev–Trinajstić information content (AvgIpc) is 2.85. The predicted molar refractivity (Wildman–Crippen MR) is 135 cm³/mol. The third kappa shape index (κ3) is 6.39. The molecule has 1 unspecified atom stereocenters. The molecule has 34 heavy (non-hydrogen) atoms. The van der Waals surface area contributed by atoms with Gasteiger partial charge in [0, 0.05) is 49.3 Å². The molecular formula is C24H37BrN4O4S. The van der Waals surface area contributed by atoms with Gasteiger partial charge in [-0.25, -0.2) is 8.42 Å². The molecule has 0 aromatic heterocycles. The van der Waals surface area contributed by atoms with Crippen LogP contribution in [0.1, 0.15) is 32.1 Å². The van der Waals surface area contributed by atoms with Gasteiger partial charge in [-0.15, -0.1) is 0 Å². The van der Waals surface area contributed by atoms with Crippen molar-refractivity contribution in [2.24, 2.45) is 0 Å². The van der Waals surface area contributed by atoms with E-state index in [-0.39, 0.29) is 30.1 Å². The third-order valence-electron chi connectivity index (χ3n) is 7.38. The van der Waals surface area contributed by atoms with Crippen LogP contribution in [-0.4, -0.2) is 111 Å². The maximum absolute atomic E-state index is 13.2. The maximum Gasteiger partial charge on any atom is 0.248 e. The molecule has 3 heterocycles. The van der Waals surface area contributed by atoms with E-state index in [1.807, 2.05) is 11.0 Å². The molecule has 1 aromatic carbocycles. The van der Waals surface area contributed by atoms with E-state index in [4.69, 9.17) is 4.74 Å². The number of carbonyl (C=O) groups is 1. The second-order valence-corrected chi connectivity index (χ2v) is 12.5. The van der Waals surface area contributed by atoms with Gasteiger partial charge in [0.1, 0.15) is 6.61 Å². The Morgan fingerprint density at radius 1 is 1.03 bits per heavy atom. The largest absolute Gasteiger partial charge is 0.370 e. The topological polar surface area (TPSA) is 73.4 Å². The lowest BCUT2D eigenvalue weighted by Crippen LogP contribution is -2.54. The fourth-order valence-corrected chi connectivity index (χ4v) is 7.57. The Morgan fingerprint density at radius 2 is 1.76 bits per heavy atom. The van der Waals surface area contributed by atoms with E-state index < -0.39 is 10.0 Å². The van der Waals surface area contributed by atoms with Crippen molar-refractivity contribution in [1.29, 1.82) is 0 Å². The summed E-state index contributed by atoms with van der Waals surface area (Å²) >= 11 is 3.36. The molecule has 0 radical (unpaired) electrons. The lowest BCUT2D eigenvalue weighted by molar-refractivity contribution is -0.138. The second-order valence-electron chi connectivity index (χ2n) is 9.69. The van der Waals surface area contributed by atoms with Crippen LogP contribution in [-0.2, 0) is 19.6 Å². The number of rotatable bonds is 7. The minimum atomic E-state index is -3.61. The highest BCUT2D eigenvalue weighted by molar-refractivity contribution is 9.10. The molecule has 1 amide bonds. The van der Waals surface area contributed by atoms with Gasteiger partial charge in [0.05, 0.1) is 11.5 Å². The van der Waals surface area contributed by atoms with Gasteiger partial charge in [-0.2, -0.15) is 4.31 Å². The molecule has 1 atom stereocenters. The van der Waals surface area contributed by atoms with Crippen molar-refractivity contribution in [1.82, 2.24) is 19.0 Å². The third-order valence-corrected chi connectivity index (χ3v) is 9.82. The van der Waals surface area contributed by atoms with Gasteiger partial charge in [0.25, 0.3) is 0 Å². The quantitative estimate of drug-likeness (QED) is 0.512. The van der Waals surface area contributed by atoms with E-state index in [1.54, 1.807) is 22.5 Å². The molecule has 0 bridgehead atoms. The number of hydrogen-bond acceptors (Lipinski definition) is 6. The van der Waals surface area contributed by atoms with E-state index in [9.17, 15) is 13.2 Å². The molecule has 8 nitrogen and oxygen atoms in total. The van der Waals surface area contributed by atoms with Crippen molar-refractivity contribution in [3.8, 4) is 0 Å². The predicted octanol–water partition coefficient (Wildman–Crippen LogP) is 2.25. The van der Waals surface area contributed by atoms with Crippen molar-refractivity contribution in [2.75, 3.05) is 66.1 Å². The molecule has 190 valence electrons. The number of piperazine rings is 1. The first-order chi connectivity index (χ1) is 16.3. The molecule has 0 spiro atoms. The maximum atomic E-state index is 13.2. The number of nitrogens with zero attached hydrogens (tertiary/aromatic N) is 4. The molecule has 0 N–H and O–H groups in total. The van der Waals surface area contributed by atoms with E-state index in [0.717, 1.165) is 63.0 Å². The Balaban J connectivity index is 1.25. The van der Waals surface area contributed by atoms with Gasteiger partial charge in [-0.3, -0.25) is 9.69 Å². The summed E-state index contributed by atoms with van der Waals surface area (Å²) in [5, 5.41) is 0. The van der Waals surface area contributed by atoms with Crippen LogP contribution in [0.4, 0.5) is 0 Å². The summed E-state index contributed by atoms with van der Waals surface area (Å²) in [5.41, 5.74) is 0. The molecule has 0 aliphatic carbocycles. The van der Waals surface area contributed by atoms with Crippen LogP contribution in [0.5, 0.6) is 0 Å². The van der Waals surface area contributed by atoms with Crippen LogP contribution in [0.3, 0.4) is 0 Å². The van der Waals surface area contributed by atoms with Crippen molar-refractivity contribution in [3.05, 3.63) is 28.7 Å². The number of likely N-dealkylation sites (tertiary alicyclic amines) is 1. The minimum Gasteiger partial charge on any atom is -0.370 e. The molecule has 3 aliphatic rings. The van der Waals surface area contributed by atoms with Gasteiger partial charge in [-0.1, -0.05) is 28.4 Å². The lowest BCUT2D eigenvalue weighted by atomic mass is 10.0. The monoisotopic (exact) mass is 556 g/mol. The average molecular weight is 558 g/mol. The summed E-state index contributed by atoms with van der Waals surface area (Å²) < 4.78 is 34.6. The zero-order chi connectivity index (χ0) is 24.1. The molecule has 10 heteroatoms. The van der Waals surface area contributed by atoms with Crippen LogP contribution in [0.15, 0.2) is 33.6 Å². The first-order valence-electron chi connectivity index (χ1n) is 12.4. The molecule has 0 saturated carbocycles. The minimum absolute atomic E-state index is 0.000217. The number of carbonyl (C=O) groups excluding carboxylic acids is 1. The number of hydrogen-bond donors (Lipinski definition) is 0. The van der Waals surface area contributed by atoms with E-state index in [0.29, 0.717) is 12.6 Å². The van der Waals surface area contributed by atoms with Crippen molar-refractivity contribution >= 4 is 31.9 Å². The first kappa shape index (κ1) is 26.0. The summed E-state index contributed by atoms with van der Waals surface area (Å²) in [6.45, 7) is 6.34. The fourth-order valence-electron chi connectivity index (χ4n) is 5.29. The van der Waals surface area contributed by atoms with Gasteiger partial charge in [-0.05, 0) is 64.0 Å². The zero-order valence-corrected chi connectivity index (χ0v) is 22.5. The number of benzene rings is 1. The van der Waals surface area contributed by atoms with Gasteiger partial charge in [0.15, 0.2) is 0 Å². The Kier molecular flexibility index (Phi) is 9.03. The fraction of sp³-hybridized carbons (Fsp3) is 0.708. The summed E-state index contributed by atoms with van der Waals surface area (Å²) in [6.07, 6.45) is 4.95.